The zero-order valence-corrected chi connectivity index (χ0v) is 11.1. The van der Waals surface area contributed by atoms with Crippen molar-refractivity contribution in [3.8, 4) is 11.3 Å². The zero-order valence-electron chi connectivity index (χ0n) is 11.1. The molecule has 4 N–H and O–H groups in total. The van der Waals surface area contributed by atoms with Crippen molar-refractivity contribution in [1.29, 1.82) is 0 Å². The maximum absolute atomic E-state index is 12.1. The fourth-order valence-electron chi connectivity index (χ4n) is 2.75. The summed E-state index contributed by atoms with van der Waals surface area (Å²) in [5.41, 5.74) is 13.1. The molecule has 0 fully saturated rings. The summed E-state index contributed by atoms with van der Waals surface area (Å²) in [5.74, 6) is -0.285. The molecule has 0 bridgehead atoms. The van der Waals surface area contributed by atoms with Gasteiger partial charge < -0.3 is 10.7 Å². The van der Waals surface area contributed by atoms with Gasteiger partial charge in [-0.25, -0.2) is 5.43 Å². The molecule has 5 heteroatoms. The summed E-state index contributed by atoms with van der Waals surface area (Å²) >= 11 is 0. The van der Waals surface area contributed by atoms with Crippen molar-refractivity contribution >= 4 is 28.7 Å². The summed E-state index contributed by atoms with van der Waals surface area (Å²) in [4.78, 5) is 15.5. The summed E-state index contributed by atoms with van der Waals surface area (Å²) in [6, 6.07) is 13.6. The molecular weight excluding hydrogens is 264 g/mol. The Morgan fingerprint density at radius 3 is 2.67 bits per heavy atom. The number of carbonyl (C=O) groups excluding carboxylic acids is 1. The van der Waals surface area contributed by atoms with E-state index in [0.717, 1.165) is 27.7 Å². The monoisotopic (exact) mass is 276 g/mol. The number of nitrogen functional groups attached to an aromatic ring is 1. The Morgan fingerprint density at radius 1 is 1.05 bits per heavy atom. The van der Waals surface area contributed by atoms with Crippen LogP contribution in [0.1, 0.15) is 15.9 Å². The highest BCUT2D eigenvalue weighted by atomic mass is 16.2. The van der Waals surface area contributed by atoms with Crippen LogP contribution in [-0.2, 0) is 0 Å². The number of amides is 1. The standard InChI is InChI=1S/C16H12N4O/c17-11-6-7-12-13-10(8-18-20-16(21)14(11)13)15(19-12)9-4-2-1-3-5-9/h1-8,19H,17H2,(H,20,21). The molecule has 0 unspecified atom stereocenters. The Labute approximate surface area is 120 Å². The van der Waals surface area contributed by atoms with Crippen LogP contribution in [0.5, 0.6) is 0 Å². The lowest BCUT2D eigenvalue weighted by atomic mass is 10.0. The average molecular weight is 276 g/mol. The van der Waals surface area contributed by atoms with E-state index in [4.69, 9.17) is 5.73 Å². The van der Waals surface area contributed by atoms with E-state index in [0.29, 0.717) is 11.3 Å². The molecule has 0 spiro atoms. The highest BCUT2D eigenvalue weighted by Gasteiger charge is 2.22. The second kappa shape index (κ2) is 4.21. The second-order valence-corrected chi connectivity index (χ2v) is 4.93. The third-order valence-electron chi connectivity index (χ3n) is 3.69. The van der Waals surface area contributed by atoms with Gasteiger partial charge in [0.05, 0.1) is 17.5 Å². The third kappa shape index (κ3) is 1.64. The lowest BCUT2D eigenvalue weighted by molar-refractivity contribution is 0.0958. The van der Waals surface area contributed by atoms with E-state index in [-0.39, 0.29) is 5.91 Å². The molecule has 0 saturated heterocycles. The van der Waals surface area contributed by atoms with Gasteiger partial charge in [-0.3, -0.25) is 4.79 Å². The first-order chi connectivity index (χ1) is 10.3. The highest BCUT2D eigenvalue weighted by Crippen LogP contribution is 2.34. The summed E-state index contributed by atoms with van der Waals surface area (Å²) in [5, 5.41) is 4.80. The van der Waals surface area contributed by atoms with E-state index in [1.165, 1.54) is 0 Å². The minimum atomic E-state index is -0.285. The van der Waals surface area contributed by atoms with Crippen molar-refractivity contribution in [1.82, 2.24) is 10.4 Å². The van der Waals surface area contributed by atoms with E-state index in [2.05, 4.69) is 15.5 Å². The van der Waals surface area contributed by atoms with Gasteiger partial charge in [0.2, 0.25) is 0 Å². The van der Waals surface area contributed by atoms with Crippen molar-refractivity contribution in [2.45, 2.75) is 0 Å². The van der Waals surface area contributed by atoms with Gasteiger partial charge >= 0.3 is 0 Å². The predicted octanol–water partition coefficient (Wildman–Crippen LogP) is 2.49. The average Bonchev–Trinajstić information content (AvgIpc) is 2.77. The van der Waals surface area contributed by atoms with Gasteiger partial charge in [-0.05, 0) is 17.7 Å². The van der Waals surface area contributed by atoms with Crippen LogP contribution in [0, 0.1) is 0 Å². The van der Waals surface area contributed by atoms with Gasteiger partial charge in [-0.1, -0.05) is 30.3 Å². The number of anilines is 1. The van der Waals surface area contributed by atoms with Gasteiger partial charge in [0.1, 0.15) is 0 Å². The van der Waals surface area contributed by atoms with Crippen LogP contribution in [0.2, 0.25) is 0 Å². The molecule has 21 heavy (non-hydrogen) atoms. The van der Waals surface area contributed by atoms with Gasteiger partial charge in [-0.15, -0.1) is 0 Å². The first kappa shape index (κ1) is 11.7. The number of hydrogen-bond acceptors (Lipinski definition) is 3. The number of aromatic nitrogens is 1. The van der Waals surface area contributed by atoms with E-state index >= 15 is 0 Å². The molecule has 1 aromatic heterocycles. The van der Waals surface area contributed by atoms with Gasteiger partial charge in [-0.2, -0.15) is 5.10 Å². The van der Waals surface area contributed by atoms with Crippen LogP contribution in [0.15, 0.2) is 47.6 Å². The number of benzene rings is 2. The van der Waals surface area contributed by atoms with Gasteiger partial charge in [0.25, 0.3) is 5.91 Å². The molecule has 102 valence electrons. The SMILES string of the molecule is Nc1ccc2[nH]c(-c3ccccc3)c3c2c1C(=O)NN=C3. The van der Waals surface area contributed by atoms with E-state index in [1.807, 2.05) is 36.4 Å². The molecular formula is C16H12N4O. The smallest absolute Gasteiger partial charge is 0.274 e. The molecule has 1 amide bonds. The van der Waals surface area contributed by atoms with Crippen LogP contribution < -0.4 is 11.2 Å². The summed E-state index contributed by atoms with van der Waals surface area (Å²) < 4.78 is 0. The fraction of sp³-hybridized carbons (Fsp3) is 0. The normalized spacial score (nSPS) is 13.2. The number of H-pyrrole nitrogens is 1. The van der Waals surface area contributed by atoms with Crippen LogP contribution >= 0.6 is 0 Å². The lowest BCUT2D eigenvalue weighted by Gasteiger charge is -2.04. The molecule has 3 aromatic rings. The van der Waals surface area contributed by atoms with Crippen molar-refractivity contribution in [3.63, 3.8) is 0 Å². The Kier molecular flexibility index (Phi) is 2.35. The molecule has 0 saturated carbocycles. The highest BCUT2D eigenvalue weighted by molar-refractivity contribution is 6.19. The van der Waals surface area contributed by atoms with E-state index in [1.54, 1.807) is 12.3 Å². The second-order valence-electron chi connectivity index (χ2n) is 4.93. The third-order valence-corrected chi connectivity index (χ3v) is 3.69. The molecule has 0 radical (unpaired) electrons. The number of carbonyl (C=O) groups is 1. The van der Waals surface area contributed by atoms with E-state index < -0.39 is 0 Å². The molecule has 0 aliphatic carbocycles. The van der Waals surface area contributed by atoms with Crippen LogP contribution in [0.3, 0.4) is 0 Å². The molecule has 2 aromatic carbocycles. The summed E-state index contributed by atoms with van der Waals surface area (Å²) in [6.07, 6.45) is 1.66. The number of aromatic amines is 1. The molecule has 4 rings (SSSR count). The fourth-order valence-corrected chi connectivity index (χ4v) is 2.75. The number of nitrogens with one attached hydrogen (secondary N) is 2. The number of rotatable bonds is 1. The maximum atomic E-state index is 12.1. The largest absolute Gasteiger partial charge is 0.398 e. The molecule has 1 aliphatic rings. The minimum absolute atomic E-state index is 0.285. The molecule has 2 heterocycles. The Hall–Kier alpha value is -3.08. The van der Waals surface area contributed by atoms with Crippen LogP contribution in [0.4, 0.5) is 5.69 Å². The number of nitrogens with two attached hydrogens (primary N) is 1. The first-order valence-electron chi connectivity index (χ1n) is 6.58. The van der Waals surface area contributed by atoms with Crippen LogP contribution in [-0.4, -0.2) is 17.1 Å². The molecule has 1 aliphatic heterocycles. The lowest BCUT2D eigenvalue weighted by Crippen LogP contribution is -2.17. The Balaban J connectivity index is 2.14. The Bertz CT molecular complexity index is 894. The molecule has 5 nitrogen and oxygen atoms in total. The van der Waals surface area contributed by atoms with Crippen molar-refractivity contribution < 1.29 is 4.79 Å². The summed E-state index contributed by atoms with van der Waals surface area (Å²) in [7, 11) is 0. The van der Waals surface area contributed by atoms with E-state index in [9.17, 15) is 4.79 Å². The number of hydrazone groups is 1. The van der Waals surface area contributed by atoms with Crippen molar-refractivity contribution in [2.75, 3.05) is 5.73 Å². The Morgan fingerprint density at radius 2 is 1.86 bits per heavy atom. The first-order valence-corrected chi connectivity index (χ1v) is 6.58. The number of nitrogens with zero attached hydrogens (tertiary/aromatic N) is 1. The predicted molar refractivity (Wildman–Crippen MR) is 83.2 cm³/mol. The zero-order chi connectivity index (χ0) is 14.4. The number of hydrogen-bond donors (Lipinski definition) is 3. The van der Waals surface area contributed by atoms with Crippen LogP contribution in [0.25, 0.3) is 22.2 Å². The minimum Gasteiger partial charge on any atom is -0.398 e. The topological polar surface area (TPSA) is 83.3 Å². The maximum Gasteiger partial charge on any atom is 0.274 e. The van der Waals surface area contributed by atoms with Gasteiger partial charge in [0, 0.05) is 22.2 Å². The molecule has 0 atom stereocenters. The van der Waals surface area contributed by atoms with Crippen molar-refractivity contribution in [3.05, 3.63) is 53.6 Å². The quantitative estimate of drug-likeness (QED) is 0.597. The van der Waals surface area contributed by atoms with Gasteiger partial charge in [0.15, 0.2) is 0 Å². The summed E-state index contributed by atoms with van der Waals surface area (Å²) in [6.45, 7) is 0. The van der Waals surface area contributed by atoms with Crippen molar-refractivity contribution in [2.24, 2.45) is 5.10 Å².